The maximum absolute atomic E-state index is 4.44. The molecule has 10 heavy (non-hydrogen) atoms. The second kappa shape index (κ2) is 4.55. The van der Waals surface area contributed by atoms with Crippen molar-refractivity contribution in [2.75, 3.05) is 11.5 Å². The van der Waals surface area contributed by atoms with Crippen LogP contribution in [0.15, 0.2) is 0 Å². The lowest BCUT2D eigenvalue weighted by Crippen LogP contribution is -2.14. The van der Waals surface area contributed by atoms with Crippen LogP contribution in [0.1, 0.15) is 27.7 Å². The Morgan fingerprint density at radius 1 is 1.40 bits per heavy atom. The molecular formula is C8H18S2. The maximum atomic E-state index is 4.44. The van der Waals surface area contributed by atoms with E-state index >= 15 is 0 Å². The van der Waals surface area contributed by atoms with E-state index in [2.05, 4.69) is 40.3 Å². The lowest BCUT2D eigenvalue weighted by Gasteiger charge is -2.16. The van der Waals surface area contributed by atoms with Crippen LogP contribution in [0.5, 0.6) is 0 Å². The normalized spacial score (nSPS) is 12.6. The summed E-state index contributed by atoms with van der Waals surface area (Å²) in [5.74, 6) is 3.21. The molecule has 0 aliphatic heterocycles. The molecule has 0 amide bonds. The first-order valence-electron chi connectivity index (χ1n) is 3.72. The second-order valence-corrected chi connectivity index (χ2v) is 5.96. The molecule has 0 saturated heterocycles. The third kappa shape index (κ3) is 8.70. The van der Waals surface area contributed by atoms with E-state index in [0.717, 1.165) is 11.7 Å². The Kier molecular flexibility index (Phi) is 4.87. The van der Waals surface area contributed by atoms with E-state index in [4.69, 9.17) is 0 Å². The molecule has 0 aliphatic carbocycles. The molecule has 0 fully saturated rings. The van der Waals surface area contributed by atoms with Gasteiger partial charge in [0.2, 0.25) is 0 Å². The minimum absolute atomic E-state index is 0.194. The summed E-state index contributed by atoms with van der Waals surface area (Å²) in [6.45, 7) is 8.81. The number of thioether (sulfide) groups is 1. The molecule has 0 aliphatic rings. The summed E-state index contributed by atoms with van der Waals surface area (Å²) < 4.78 is 0.194. The zero-order chi connectivity index (χ0) is 8.20. The van der Waals surface area contributed by atoms with Crippen molar-refractivity contribution in [3.05, 3.63) is 0 Å². The van der Waals surface area contributed by atoms with Gasteiger partial charge < -0.3 is 0 Å². The monoisotopic (exact) mass is 178 g/mol. The van der Waals surface area contributed by atoms with Crippen LogP contribution in [0.2, 0.25) is 0 Å². The molecule has 62 valence electrons. The summed E-state index contributed by atoms with van der Waals surface area (Å²) >= 11 is 6.43. The van der Waals surface area contributed by atoms with Crippen molar-refractivity contribution < 1.29 is 0 Å². The Morgan fingerprint density at radius 2 is 1.90 bits per heavy atom. The molecular weight excluding hydrogens is 160 g/mol. The van der Waals surface area contributed by atoms with Gasteiger partial charge in [-0.25, -0.2) is 0 Å². The van der Waals surface area contributed by atoms with Gasteiger partial charge in [0.1, 0.15) is 0 Å². The van der Waals surface area contributed by atoms with Gasteiger partial charge in [0.15, 0.2) is 0 Å². The van der Waals surface area contributed by atoms with Crippen LogP contribution in [0, 0.1) is 5.92 Å². The average molecular weight is 178 g/mol. The molecule has 0 unspecified atom stereocenters. The Morgan fingerprint density at radius 3 is 2.20 bits per heavy atom. The van der Waals surface area contributed by atoms with Gasteiger partial charge in [-0.3, -0.25) is 0 Å². The quantitative estimate of drug-likeness (QED) is 0.646. The molecule has 0 aromatic heterocycles. The summed E-state index contributed by atoms with van der Waals surface area (Å²) in [4.78, 5) is 0. The van der Waals surface area contributed by atoms with Crippen LogP contribution in [0.3, 0.4) is 0 Å². The van der Waals surface area contributed by atoms with E-state index in [1.165, 1.54) is 5.75 Å². The van der Waals surface area contributed by atoms with Crippen molar-refractivity contribution in [2.45, 2.75) is 32.4 Å². The number of hydrogen-bond donors (Lipinski definition) is 1. The van der Waals surface area contributed by atoms with Crippen molar-refractivity contribution in [1.29, 1.82) is 0 Å². The van der Waals surface area contributed by atoms with E-state index in [1.54, 1.807) is 0 Å². The highest BCUT2D eigenvalue weighted by Gasteiger charge is 2.10. The van der Waals surface area contributed by atoms with Crippen LogP contribution < -0.4 is 0 Å². The average Bonchev–Trinajstić information content (AvgIpc) is 1.59. The Balaban J connectivity index is 3.21. The van der Waals surface area contributed by atoms with Crippen molar-refractivity contribution in [1.82, 2.24) is 0 Å². The first-order chi connectivity index (χ1) is 4.42. The molecule has 0 nitrogen and oxygen atoms in total. The van der Waals surface area contributed by atoms with Crippen LogP contribution >= 0.6 is 24.4 Å². The topological polar surface area (TPSA) is 0 Å². The van der Waals surface area contributed by atoms with Gasteiger partial charge >= 0.3 is 0 Å². The highest BCUT2D eigenvalue weighted by Crippen LogP contribution is 2.20. The fourth-order valence-corrected chi connectivity index (χ4v) is 1.91. The molecule has 0 saturated carbocycles. The van der Waals surface area contributed by atoms with Crippen LogP contribution in [0.25, 0.3) is 0 Å². The fourth-order valence-electron chi connectivity index (χ4n) is 0.544. The van der Waals surface area contributed by atoms with E-state index in [1.807, 2.05) is 11.8 Å². The lowest BCUT2D eigenvalue weighted by molar-refractivity contribution is 0.746. The number of thiol groups is 1. The van der Waals surface area contributed by atoms with Gasteiger partial charge in [-0.05, 0) is 11.7 Å². The molecule has 0 rings (SSSR count). The van der Waals surface area contributed by atoms with Gasteiger partial charge in [0.25, 0.3) is 0 Å². The zero-order valence-electron chi connectivity index (χ0n) is 7.35. The minimum atomic E-state index is 0.194. The third-order valence-corrected chi connectivity index (χ3v) is 3.11. The summed E-state index contributed by atoms with van der Waals surface area (Å²) in [6, 6.07) is 0. The highest BCUT2D eigenvalue weighted by atomic mass is 32.2. The van der Waals surface area contributed by atoms with E-state index in [-0.39, 0.29) is 4.75 Å². The van der Waals surface area contributed by atoms with Gasteiger partial charge in [-0.1, -0.05) is 27.7 Å². The molecule has 0 radical (unpaired) electrons. The van der Waals surface area contributed by atoms with Crippen molar-refractivity contribution in [3.63, 3.8) is 0 Å². The molecule has 0 N–H and O–H groups in total. The van der Waals surface area contributed by atoms with Crippen LogP contribution in [0.4, 0.5) is 0 Å². The minimum Gasteiger partial charge on any atom is -0.172 e. The van der Waals surface area contributed by atoms with Gasteiger partial charge in [0.05, 0.1) is 0 Å². The lowest BCUT2D eigenvalue weighted by atomic mass is 10.2. The van der Waals surface area contributed by atoms with E-state index in [0.29, 0.717) is 0 Å². The molecule has 0 aromatic rings. The third-order valence-electron chi connectivity index (χ3n) is 0.906. The van der Waals surface area contributed by atoms with Crippen molar-refractivity contribution in [2.24, 2.45) is 5.92 Å². The first kappa shape index (κ1) is 10.7. The highest BCUT2D eigenvalue weighted by molar-refractivity contribution is 8.00. The zero-order valence-corrected chi connectivity index (χ0v) is 9.06. The first-order valence-corrected chi connectivity index (χ1v) is 5.32. The molecule has 0 atom stereocenters. The predicted octanol–water partition coefficient (Wildman–Crippen LogP) is 3.08. The number of rotatable bonds is 4. The largest absolute Gasteiger partial charge is 0.172 e. The van der Waals surface area contributed by atoms with Gasteiger partial charge in [-0.15, -0.1) is 0 Å². The number of hydrogen-bond acceptors (Lipinski definition) is 2. The summed E-state index contributed by atoms with van der Waals surface area (Å²) in [5.41, 5.74) is 0. The van der Waals surface area contributed by atoms with Crippen molar-refractivity contribution in [3.8, 4) is 0 Å². The van der Waals surface area contributed by atoms with Gasteiger partial charge in [0, 0.05) is 10.5 Å². The molecule has 0 spiro atoms. The van der Waals surface area contributed by atoms with E-state index < -0.39 is 0 Å². The standard InChI is InChI=1S/C8H18S2/c1-7(2)5-10-6-8(3,4)9/h7,9H,5-6H2,1-4H3. The molecule has 0 aromatic carbocycles. The summed E-state index contributed by atoms with van der Waals surface area (Å²) in [5, 5.41) is 0. The molecule has 0 heterocycles. The SMILES string of the molecule is CC(C)CSCC(C)(C)S. The molecule has 0 bridgehead atoms. The van der Waals surface area contributed by atoms with E-state index in [9.17, 15) is 0 Å². The molecule has 2 heteroatoms. The predicted molar refractivity (Wildman–Crippen MR) is 55.2 cm³/mol. The maximum Gasteiger partial charge on any atom is 0.0163 e. The Labute approximate surface area is 74.6 Å². The Hall–Kier alpha value is 0.700. The Bertz CT molecular complexity index is 81.7. The van der Waals surface area contributed by atoms with Crippen LogP contribution in [-0.4, -0.2) is 16.3 Å². The van der Waals surface area contributed by atoms with Crippen molar-refractivity contribution >= 4 is 24.4 Å². The summed E-state index contributed by atoms with van der Waals surface area (Å²) in [7, 11) is 0. The summed E-state index contributed by atoms with van der Waals surface area (Å²) in [6.07, 6.45) is 0. The second-order valence-electron chi connectivity index (χ2n) is 3.72. The fraction of sp³-hybridized carbons (Fsp3) is 1.00. The van der Waals surface area contributed by atoms with Gasteiger partial charge in [-0.2, -0.15) is 24.4 Å². The smallest absolute Gasteiger partial charge is 0.0163 e. The van der Waals surface area contributed by atoms with Crippen LogP contribution in [-0.2, 0) is 0 Å².